The van der Waals surface area contributed by atoms with Gasteiger partial charge in [-0.1, -0.05) is 30.3 Å². The molecule has 1 atom stereocenters. The molecule has 2 aromatic heterocycles. The molecule has 1 aliphatic heterocycles. The fourth-order valence-electron chi connectivity index (χ4n) is 4.23. The van der Waals surface area contributed by atoms with Gasteiger partial charge in [0, 0.05) is 35.9 Å². The zero-order chi connectivity index (χ0) is 20.6. The van der Waals surface area contributed by atoms with Crippen molar-refractivity contribution in [2.24, 2.45) is 0 Å². The first-order valence-electron chi connectivity index (χ1n) is 10.0. The number of fused-ring (bicyclic) bond motifs is 1. The number of para-hydroxylation sites is 1. The van der Waals surface area contributed by atoms with Crippen molar-refractivity contribution in [3.05, 3.63) is 84.3 Å². The number of nitrogens with one attached hydrogen (secondary N) is 2. The third-order valence-electron chi connectivity index (χ3n) is 5.71. The van der Waals surface area contributed by atoms with E-state index in [9.17, 15) is 8.42 Å². The molecule has 30 heavy (non-hydrogen) atoms. The topological polar surface area (TPSA) is 78.3 Å². The Bertz CT molecular complexity index is 1260. The largest absolute Gasteiger partial charge is 0.451 e. The minimum Gasteiger partial charge on any atom is -0.451 e. The van der Waals surface area contributed by atoms with E-state index < -0.39 is 10.0 Å². The maximum Gasteiger partial charge on any atom is 0.295 e. The minimum atomic E-state index is -3.71. The van der Waals surface area contributed by atoms with Crippen molar-refractivity contribution in [2.75, 3.05) is 17.8 Å². The van der Waals surface area contributed by atoms with E-state index >= 15 is 0 Å². The van der Waals surface area contributed by atoms with Crippen LogP contribution in [0.2, 0.25) is 0 Å². The molecule has 154 valence electrons. The summed E-state index contributed by atoms with van der Waals surface area (Å²) in [6.07, 6.45) is 4.50. The highest BCUT2D eigenvalue weighted by atomic mass is 32.2. The van der Waals surface area contributed by atoms with Gasteiger partial charge in [0.15, 0.2) is 0 Å². The van der Waals surface area contributed by atoms with E-state index in [1.165, 1.54) is 28.8 Å². The highest BCUT2D eigenvalue weighted by Crippen LogP contribution is 2.31. The first kappa shape index (κ1) is 19.0. The summed E-state index contributed by atoms with van der Waals surface area (Å²) < 4.78 is 32.5. The molecule has 0 bridgehead atoms. The first-order chi connectivity index (χ1) is 14.6. The van der Waals surface area contributed by atoms with Crippen LogP contribution >= 0.6 is 0 Å². The van der Waals surface area contributed by atoms with Gasteiger partial charge >= 0.3 is 0 Å². The number of aromatic nitrogens is 1. The molecule has 0 spiro atoms. The number of aromatic amines is 1. The Morgan fingerprint density at radius 1 is 1.10 bits per heavy atom. The van der Waals surface area contributed by atoms with Crippen LogP contribution in [0.5, 0.6) is 0 Å². The molecule has 0 amide bonds. The van der Waals surface area contributed by atoms with Crippen LogP contribution < -0.4 is 4.72 Å². The molecule has 2 N–H and O–H groups in total. The average molecular weight is 422 g/mol. The zero-order valence-corrected chi connectivity index (χ0v) is 17.2. The third-order valence-corrected chi connectivity index (χ3v) is 6.98. The number of sulfonamides is 1. The van der Waals surface area contributed by atoms with Crippen LogP contribution in [0.15, 0.2) is 82.6 Å². The van der Waals surface area contributed by atoms with Crippen LogP contribution in [0.4, 0.5) is 5.69 Å². The lowest BCUT2D eigenvalue weighted by Crippen LogP contribution is -2.19. The van der Waals surface area contributed by atoms with Crippen molar-refractivity contribution >= 4 is 26.6 Å². The standard InChI is InChI=1S/C23H23N3O3S/c27-30(28,23-9-4-12-29-23)25-20-6-3-5-17(13-20)18-10-11-26(15-18)16-19-14-24-22-8-2-1-7-21(19)22/h1-9,12-14,18,24-25H,10-11,15-16H2. The van der Waals surface area contributed by atoms with Crippen LogP contribution in [-0.4, -0.2) is 31.4 Å². The number of nitrogens with zero attached hydrogens (tertiary/aromatic N) is 1. The van der Waals surface area contributed by atoms with Crippen molar-refractivity contribution in [3.63, 3.8) is 0 Å². The van der Waals surface area contributed by atoms with Crippen molar-refractivity contribution < 1.29 is 12.8 Å². The molecule has 3 heterocycles. The van der Waals surface area contributed by atoms with Crippen molar-refractivity contribution in [1.29, 1.82) is 0 Å². The Morgan fingerprint density at radius 2 is 2.00 bits per heavy atom. The van der Waals surface area contributed by atoms with Crippen LogP contribution in [-0.2, 0) is 16.6 Å². The fourth-order valence-corrected chi connectivity index (χ4v) is 5.21. The van der Waals surface area contributed by atoms with Gasteiger partial charge in [-0.3, -0.25) is 9.62 Å². The van der Waals surface area contributed by atoms with Crippen molar-refractivity contribution in [1.82, 2.24) is 9.88 Å². The highest BCUT2D eigenvalue weighted by Gasteiger charge is 2.25. The van der Waals surface area contributed by atoms with Crippen molar-refractivity contribution in [2.45, 2.75) is 24.0 Å². The second-order valence-electron chi connectivity index (χ2n) is 7.74. The Balaban J connectivity index is 1.28. The van der Waals surface area contributed by atoms with Crippen LogP contribution in [0.3, 0.4) is 0 Å². The number of benzene rings is 2. The lowest BCUT2D eigenvalue weighted by Gasteiger charge is -2.16. The van der Waals surface area contributed by atoms with E-state index in [1.54, 1.807) is 12.1 Å². The van der Waals surface area contributed by atoms with Gasteiger partial charge in [-0.2, -0.15) is 8.42 Å². The molecular weight excluding hydrogens is 398 g/mol. The van der Waals surface area contributed by atoms with Gasteiger partial charge in [0.05, 0.1) is 6.26 Å². The van der Waals surface area contributed by atoms with Gasteiger partial charge in [0.25, 0.3) is 10.0 Å². The monoisotopic (exact) mass is 421 g/mol. The maximum absolute atomic E-state index is 12.4. The number of likely N-dealkylation sites (tertiary alicyclic amines) is 1. The Labute approximate surface area is 175 Å². The van der Waals surface area contributed by atoms with Crippen LogP contribution in [0.1, 0.15) is 23.5 Å². The van der Waals surface area contributed by atoms with Crippen LogP contribution in [0, 0.1) is 0 Å². The third kappa shape index (κ3) is 3.74. The number of rotatable bonds is 6. The molecule has 0 aliphatic carbocycles. The molecule has 1 fully saturated rings. The molecular formula is C23H23N3O3S. The van der Waals surface area contributed by atoms with E-state index in [4.69, 9.17) is 4.42 Å². The average Bonchev–Trinajstić information content (AvgIpc) is 3.50. The smallest absolute Gasteiger partial charge is 0.295 e. The van der Waals surface area contributed by atoms with Gasteiger partial charge < -0.3 is 9.40 Å². The van der Waals surface area contributed by atoms with E-state index in [0.717, 1.165) is 31.6 Å². The number of anilines is 1. The quantitative estimate of drug-likeness (QED) is 0.479. The minimum absolute atomic E-state index is 0.0846. The van der Waals surface area contributed by atoms with Crippen LogP contribution in [0.25, 0.3) is 10.9 Å². The lowest BCUT2D eigenvalue weighted by molar-refractivity contribution is 0.328. The van der Waals surface area contributed by atoms with E-state index in [0.29, 0.717) is 11.6 Å². The molecule has 0 saturated carbocycles. The predicted octanol–water partition coefficient (Wildman–Crippen LogP) is 4.55. The molecule has 0 radical (unpaired) electrons. The summed E-state index contributed by atoms with van der Waals surface area (Å²) in [5.74, 6) is 0.378. The predicted molar refractivity (Wildman–Crippen MR) is 117 cm³/mol. The summed E-state index contributed by atoms with van der Waals surface area (Å²) in [6.45, 7) is 2.88. The van der Waals surface area contributed by atoms with E-state index in [1.807, 2.05) is 18.2 Å². The maximum atomic E-state index is 12.4. The summed E-state index contributed by atoms with van der Waals surface area (Å²) in [6, 6.07) is 19.0. The second kappa shape index (κ2) is 7.66. The summed E-state index contributed by atoms with van der Waals surface area (Å²) in [5.41, 5.74) is 4.18. The highest BCUT2D eigenvalue weighted by molar-refractivity contribution is 7.92. The van der Waals surface area contributed by atoms with Gasteiger partial charge in [-0.05, 0) is 60.3 Å². The van der Waals surface area contributed by atoms with Crippen molar-refractivity contribution in [3.8, 4) is 0 Å². The molecule has 7 heteroatoms. The van der Waals surface area contributed by atoms with Gasteiger partial charge in [0.2, 0.25) is 5.09 Å². The van der Waals surface area contributed by atoms with E-state index in [2.05, 4.69) is 45.1 Å². The van der Waals surface area contributed by atoms with Gasteiger partial charge in [-0.25, -0.2) is 0 Å². The molecule has 5 rings (SSSR count). The Kier molecular flexibility index (Phi) is 4.84. The number of furan rings is 1. The molecule has 1 saturated heterocycles. The molecule has 4 aromatic rings. The van der Waals surface area contributed by atoms with Gasteiger partial charge in [0.1, 0.15) is 0 Å². The molecule has 1 unspecified atom stereocenters. The lowest BCUT2D eigenvalue weighted by atomic mass is 9.98. The Hall–Kier alpha value is -3.03. The number of H-pyrrole nitrogens is 1. The summed E-state index contributed by atoms with van der Waals surface area (Å²) >= 11 is 0. The second-order valence-corrected chi connectivity index (χ2v) is 9.36. The number of hydrogen-bond donors (Lipinski definition) is 2. The molecule has 2 aromatic carbocycles. The fraction of sp³-hybridized carbons (Fsp3) is 0.217. The molecule has 6 nitrogen and oxygen atoms in total. The first-order valence-corrected chi connectivity index (χ1v) is 11.5. The van der Waals surface area contributed by atoms with Gasteiger partial charge in [-0.15, -0.1) is 0 Å². The molecule has 1 aliphatic rings. The number of hydrogen-bond acceptors (Lipinski definition) is 4. The zero-order valence-electron chi connectivity index (χ0n) is 16.4. The SMILES string of the molecule is O=S(=O)(Nc1cccc(C2CCN(Cc3c[nH]c4ccccc34)C2)c1)c1ccco1. The summed E-state index contributed by atoms with van der Waals surface area (Å²) in [4.78, 5) is 5.80. The summed E-state index contributed by atoms with van der Waals surface area (Å²) in [7, 11) is -3.71. The summed E-state index contributed by atoms with van der Waals surface area (Å²) in [5, 5.41) is 1.19. The normalized spacial score (nSPS) is 17.5. The Morgan fingerprint density at radius 3 is 2.87 bits per heavy atom. The van der Waals surface area contributed by atoms with E-state index in [-0.39, 0.29) is 5.09 Å².